The molecule has 0 fully saturated rings. The SMILES string of the molecule is CCCN(C[N+](C)(CCC)c1ccc(OC(F)(F)F)cc1)c1ccccc1S. The highest BCUT2D eigenvalue weighted by molar-refractivity contribution is 7.80. The van der Waals surface area contributed by atoms with E-state index in [-0.39, 0.29) is 5.75 Å². The number of halogens is 3. The van der Waals surface area contributed by atoms with Crippen molar-refractivity contribution in [1.82, 2.24) is 4.48 Å². The number of alkyl halides is 3. The monoisotopic (exact) mass is 413 g/mol. The van der Waals surface area contributed by atoms with Gasteiger partial charge in [0, 0.05) is 23.6 Å². The lowest BCUT2D eigenvalue weighted by Gasteiger charge is -2.39. The third kappa shape index (κ3) is 6.07. The lowest BCUT2D eigenvalue weighted by molar-refractivity contribution is -0.274. The van der Waals surface area contributed by atoms with Crippen molar-refractivity contribution < 1.29 is 17.9 Å². The lowest BCUT2D eigenvalue weighted by atomic mass is 10.2. The zero-order valence-electron chi connectivity index (χ0n) is 16.5. The molecule has 3 nitrogen and oxygen atoms in total. The predicted molar refractivity (Wildman–Crippen MR) is 112 cm³/mol. The fourth-order valence-electron chi connectivity index (χ4n) is 3.43. The van der Waals surface area contributed by atoms with Gasteiger partial charge in [0.05, 0.1) is 19.3 Å². The second-order valence-corrected chi connectivity index (χ2v) is 7.54. The molecule has 0 amide bonds. The topological polar surface area (TPSA) is 12.5 Å². The minimum absolute atomic E-state index is 0.203. The maximum absolute atomic E-state index is 12.4. The van der Waals surface area contributed by atoms with E-state index in [1.807, 2.05) is 18.2 Å². The Balaban J connectivity index is 2.31. The van der Waals surface area contributed by atoms with Crippen LogP contribution in [0.25, 0.3) is 0 Å². The highest BCUT2D eigenvalue weighted by atomic mass is 32.1. The van der Waals surface area contributed by atoms with Crippen LogP contribution >= 0.6 is 12.6 Å². The fraction of sp³-hybridized carbons (Fsp3) is 0.429. The van der Waals surface area contributed by atoms with Crippen molar-refractivity contribution in [2.45, 2.75) is 37.9 Å². The quantitative estimate of drug-likeness (QED) is 0.303. The Morgan fingerprint density at radius 1 is 1.00 bits per heavy atom. The van der Waals surface area contributed by atoms with Gasteiger partial charge in [0.2, 0.25) is 0 Å². The summed E-state index contributed by atoms with van der Waals surface area (Å²) >= 11 is 4.60. The van der Waals surface area contributed by atoms with Crippen molar-refractivity contribution in [2.75, 3.05) is 31.7 Å². The van der Waals surface area contributed by atoms with E-state index in [1.54, 1.807) is 12.1 Å². The smallest absolute Gasteiger partial charge is 0.406 e. The second-order valence-electron chi connectivity index (χ2n) is 7.05. The zero-order chi connectivity index (χ0) is 20.8. The first-order valence-electron chi connectivity index (χ1n) is 9.42. The fourth-order valence-corrected chi connectivity index (χ4v) is 3.73. The third-order valence-electron chi connectivity index (χ3n) is 4.61. The zero-order valence-corrected chi connectivity index (χ0v) is 17.4. The number of ether oxygens (including phenoxy) is 1. The van der Waals surface area contributed by atoms with Crippen molar-refractivity contribution in [1.29, 1.82) is 0 Å². The highest BCUT2D eigenvalue weighted by Gasteiger charge is 2.32. The van der Waals surface area contributed by atoms with Gasteiger partial charge in [-0.1, -0.05) is 26.0 Å². The molecule has 0 spiro atoms. The van der Waals surface area contributed by atoms with Crippen LogP contribution < -0.4 is 14.1 Å². The van der Waals surface area contributed by atoms with Crippen LogP contribution in [0.1, 0.15) is 26.7 Å². The molecule has 0 heterocycles. The number of thiol groups is 1. The number of rotatable bonds is 9. The molecular weight excluding hydrogens is 385 g/mol. The Bertz CT molecular complexity index is 752. The van der Waals surface area contributed by atoms with Crippen LogP contribution in [0.2, 0.25) is 0 Å². The first-order chi connectivity index (χ1) is 13.2. The maximum Gasteiger partial charge on any atom is 0.573 e. The van der Waals surface area contributed by atoms with Gasteiger partial charge in [0.15, 0.2) is 6.67 Å². The Morgan fingerprint density at radius 2 is 1.64 bits per heavy atom. The van der Waals surface area contributed by atoms with E-state index in [2.05, 4.69) is 49.2 Å². The standard InChI is InChI=1S/C21H27F3N2OS/c1-4-14-25(19-8-6-7-9-20(19)28)16-26(3,15-5-2)17-10-12-18(13-11-17)27-21(22,23)24/h6-13H,4-5,14-16H2,1-3H3/p+1. The van der Waals surface area contributed by atoms with Crippen LogP contribution in [0.15, 0.2) is 53.4 Å². The molecule has 2 rings (SSSR count). The third-order valence-corrected chi connectivity index (χ3v) is 4.99. The summed E-state index contributed by atoms with van der Waals surface area (Å²) in [4.78, 5) is 3.20. The van der Waals surface area contributed by atoms with Crippen LogP contribution in [-0.4, -0.2) is 33.2 Å². The minimum atomic E-state index is -4.68. The average molecular weight is 414 g/mol. The number of benzene rings is 2. The summed E-state index contributed by atoms with van der Waals surface area (Å²) in [5.41, 5.74) is 2.00. The summed E-state index contributed by atoms with van der Waals surface area (Å²) in [6.45, 7) is 6.65. The minimum Gasteiger partial charge on any atom is -0.406 e. The molecule has 0 aliphatic carbocycles. The number of hydrogen-bond donors (Lipinski definition) is 1. The Hall–Kier alpha value is -1.86. The van der Waals surface area contributed by atoms with Crippen molar-refractivity contribution in [3.63, 3.8) is 0 Å². The molecular formula is C21H28F3N2OS+. The first-order valence-corrected chi connectivity index (χ1v) is 9.87. The molecule has 2 aromatic carbocycles. The van der Waals surface area contributed by atoms with Crippen LogP contribution in [0.3, 0.4) is 0 Å². The van der Waals surface area contributed by atoms with Crippen LogP contribution in [0.4, 0.5) is 24.5 Å². The van der Waals surface area contributed by atoms with Crippen LogP contribution in [-0.2, 0) is 0 Å². The van der Waals surface area contributed by atoms with Gasteiger partial charge in [-0.3, -0.25) is 4.48 Å². The molecule has 2 aromatic rings. The molecule has 0 aliphatic rings. The molecule has 0 aromatic heterocycles. The van der Waals surface area contributed by atoms with E-state index in [9.17, 15) is 13.2 Å². The molecule has 28 heavy (non-hydrogen) atoms. The second kappa shape index (κ2) is 9.56. The van der Waals surface area contributed by atoms with Gasteiger partial charge in [-0.25, -0.2) is 0 Å². The predicted octanol–water partition coefficient (Wildman–Crippen LogP) is 6.10. The maximum atomic E-state index is 12.4. The molecule has 1 atom stereocenters. The summed E-state index contributed by atoms with van der Waals surface area (Å²) in [6.07, 6.45) is -2.76. The van der Waals surface area contributed by atoms with E-state index < -0.39 is 6.36 Å². The lowest BCUT2D eigenvalue weighted by Crippen LogP contribution is -2.53. The van der Waals surface area contributed by atoms with E-state index in [4.69, 9.17) is 0 Å². The Morgan fingerprint density at radius 3 is 2.18 bits per heavy atom. The molecule has 0 bridgehead atoms. The number of anilines is 1. The van der Waals surface area contributed by atoms with Crippen molar-refractivity contribution in [3.05, 3.63) is 48.5 Å². The Labute approximate surface area is 170 Å². The molecule has 0 saturated heterocycles. The van der Waals surface area contributed by atoms with E-state index in [0.717, 1.165) is 42.2 Å². The van der Waals surface area contributed by atoms with Crippen molar-refractivity contribution in [2.24, 2.45) is 0 Å². The van der Waals surface area contributed by atoms with Crippen LogP contribution in [0, 0.1) is 0 Å². The van der Waals surface area contributed by atoms with E-state index >= 15 is 0 Å². The molecule has 0 saturated carbocycles. The highest BCUT2D eigenvalue weighted by Crippen LogP contribution is 2.31. The average Bonchev–Trinajstić information content (AvgIpc) is 2.61. The molecule has 1 unspecified atom stereocenters. The molecule has 0 N–H and O–H groups in total. The molecule has 0 aliphatic heterocycles. The molecule has 0 radical (unpaired) electrons. The van der Waals surface area contributed by atoms with Gasteiger partial charge in [0.25, 0.3) is 0 Å². The summed E-state index contributed by atoms with van der Waals surface area (Å²) in [6, 6.07) is 14.2. The summed E-state index contributed by atoms with van der Waals surface area (Å²) < 4.78 is 41.9. The van der Waals surface area contributed by atoms with E-state index in [1.165, 1.54) is 12.1 Å². The van der Waals surface area contributed by atoms with Gasteiger partial charge in [-0.15, -0.1) is 25.8 Å². The first kappa shape index (κ1) is 22.4. The summed E-state index contributed by atoms with van der Waals surface area (Å²) in [5, 5.41) is 0. The molecule has 7 heteroatoms. The number of hydrogen-bond acceptors (Lipinski definition) is 3. The summed E-state index contributed by atoms with van der Waals surface area (Å²) in [5.74, 6) is -0.203. The van der Waals surface area contributed by atoms with Crippen molar-refractivity contribution in [3.8, 4) is 5.75 Å². The van der Waals surface area contributed by atoms with Crippen molar-refractivity contribution >= 4 is 24.0 Å². The van der Waals surface area contributed by atoms with Gasteiger partial charge >= 0.3 is 6.36 Å². The van der Waals surface area contributed by atoms with Crippen LogP contribution in [0.5, 0.6) is 5.75 Å². The van der Waals surface area contributed by atoms with Gasteiger partial charge in [-0.2, -0.15) is 0 Å². The normalized spacial score (nSPS) is 13.8. The largest absolute Gasteiger partial charge is 0.573 e. The summed E-state index contributed by atoms with van der Waals surface area (Å²) in [7, 11) is 2.10. The van der Waals surface area contributed by atoms with Gasteiger partial charge in [-0.05, 0) is 37.1 Å². The van der Waals surface area contributed by atoms with Gasteiger partial charge in [0.1, 0.15) is 11.4 Å². The molecule has 154 valence electrons. The number of nitrogens with zero attached hydrogens (tertiary/aromatic N) is 2. The van der Waals surface area contributed by atoms with Gasteiger partial charge < -0.3 is 9.64 Å². The number of quaternary nitrogens is 1. The number of para-hydroxylation sites is 1. The Kier molecular flexibility index (Phi) is 7.66. The van der Waals surface area contributed by atoms with E-state index in [0.29, 0.717) is 11.2 Å².